The van der Waals surface area contributed by atoms with E-state index in [1.807, 2.05) is 23.9 Å². The van der Waals surface area contributed by atoms with Crippen LogP contribution in [-0.4, -0.2) is 74.4 Å². The van der Waals surface area contributed by atoms with Crippen molar-refractivity contribution in [3.63, 3.8) is 0 Å². The van der Waals surface area contributed by atoms with E-state index in [1.165, 1.54) is 0 Å². The first kappa shape index (κ1) is 21.1. The maximum Gasteiger partial charge on any atom is 0.157 e. The number of halogens is 1. The number of hydrogen-bond acceptors (Lipinski definition) is 6. The highest BCUT2D eigenvalue weighted by molar-refractivity contribution is 5.82. The maximum atomic E-state index is 15.4. The van der Waals surface area contributed by atoms with Crippen molar-refractivity contribution in [1.82, 2.24) is 24.6 Å². The topological polar surface area (TPSA) is 76.3 Å². The molecule has 0 bridgehead atoms. The summed E-state index contributed by atoms with van der Waals surface area (Å²) in [6.45, 7) is 6.77. The number of aliphatic hydroxyl groups is 1. The summed E-state index contributed by atoms with van der Waals surface area (Å²) in [5.74, 6) is 1.56. The highest BCUT2D eigenvalue weighted by Crippen LogP contribution is 2.38. The molecule has 174 valence electrons. The van der Waals surface area contributed by atoms with E-state index in [4.69, 9.17) is 4.74 Å². The van der Waals surface area contributed by atoms with E-state index >= 15 is 4.39 Å². The third-order valence-electron chi connectivity index (χ3n) is 7.66. The Kier molecular flexibility index (Phi) is 5.19. The standard InChI is InChI=1S/C25H30FN5O2/c1-14-5-17-10-27-31(25-9-23(28-15(2)29-25)16-6-19(32)7-16)24(17)8-21(14)20-3-4-30(11-22(20)26)18-12-33-13-18/h5,8-10,16,18-20,22,32H,3-4,6-7,11-13H2,1-2H3/t16?,19?,20-,22-/m0/s1. The Morgan fingerprint density at radius 2 is 1.94 bits per heavy atom. The summed E-state index contributed by atoms with van der Waals surface area (Å²) in [4.78, 5) is 11.5. The van der Waals surface area contributed by atoms with Crippen LogP contribution in [0, 0.1) is 13.8 Å². The second-order valence-electron chi connectivity index (χ2n) is 9.94. The molecule has 3 aromatic rings. The number of hydrogen-bond donors (Lipinski definition) is 1. The van der Waals surface area contributed by atoms with Crippen molar-refractivity contribution in [2.75, 3.05) is 26.3 Å². The van der Waals surface area contributed by atoms with Gasteiger partial charge in [0.15, 0.2) is 5.82 Å². The van der Waals surface area contributed by atoms with Gasteiger partial charge >= 0.3 is 0 Å². The van der Waals surface area contributed by atoms with Crippen LogP contribution < -0.4 is 0 Å². The molecule has 33 heavy (non-hydrogen) atoms. The van der Waals surface area contributed by atoms with Crippen LogP contribution >= 0.6 is 0 Å². The zero-order valence-corrected chi connectivity index (χ0v) is 19.1. The average molecular weight is 452 g/mol. The number of nitrogens with zero attached hydrogens (tertiary/aromatic N) is 5. The molecule has 1 saturated carbocycles. The van der Waals surface area contributed by atoms with Gasteiger partial charge in [-0.1, -0.05) is 0 Å². The molecule has 2 atom stereocenters. The van der Waals surface area contributed by atoms with E-state index in [0.29, 0.717) is 18.4 Å². The summed E-state index contributed by atoms with van der Waals surface area (Å²) in [7, 11) is 0. The molecular weight excluding hydrogens is 421 g/mol. The minimum absolute atomic E-state index is 0.117. The molecule has 0 radical (unpaired) electrons. The smallest absolute Gasteiger partial charge is 0.157 e. The average Bonchev–Trinajstić information content (AvgIpc) is 3.12. The number of ether oxygens (including phenoxy) is 1. The second-order valence-corrected chi connectivity index (χ2v) is 9.94. The van der Waals surface area contributed by atoms with Crippen LogP contribution in [-0.2, 0) is 4.74 Å². The Bertz CT molecular complexity index is 1190. The van der Waals surface area contributed by atoms with Crippen LogP contribution in [0.25, 0.3) is 16.7 Å². The summed E-state index contributed by atoms with van der Waals surface area (Å²) in [6.07, 6.45) is 3.00. The maximum absolute atomic E-state index is 15.4. The summed E-state index contributed by atoms with van der Waals surface area (Å²) >= 11 is 0. The van der Waals surface area contributed by atoms with Crippen molar-refractivity contribution in [3.8, 4) is 5.82 Å². The molecule has 6 rings (SSSR count). The zero-order chi connectivity index (χ0) is 22.7. The first-order valence-corrected chi connectivity index (χ1v) is 11.9. The molecule has 1 aromatic carbocycles. The zero-order valence-electron chi connectivity index (χ0n) is 19.1. The van der Waals surface area contributed by atoms with Crippen LogP contribution in [0.3, 0.4) is 0 Å². The fourth-order valence-electron chi connectivity index (χ4n) is 5.55. The van der Waals surface area contributed by atoms with Crippen LogP contribution in [0.15, 0.2) is 24.4 Å². The number of fused-ring (bicyclic) bond motifs is 1. The summed E-state index contributed by atoms with van der Waals surface area (Å²) in [5.41, 5.74) is 4.07. The molecule has 0 spiro atoms. The van der Waals surface area contributed by atoms with E-state index in [2.05, 4.69) is 39.0 Å². The largest absolute Gasteiger partial charge is 0.393 e. The second kappa shape index (κ2) is 8.11. The summed E-state index contributed by atoms with van der Waals surface area (Å²) < 4.78 is 22.5. The number of likely N-dealkylation sites (tertiary alicyclic amines) is 1. The number of rotatable bonds is 4. The van der Waals surface area contributed by atoms with Gasteiger partial charge in [-0.2, -0.15) is 5.10 Å². The number of aryl methyl sites for hydroxylation is 2. The van der Waals surface area contributed by atoms with Gasteiger partial charge in [-0.25, -0.2) is 19.0 Å². The van der Waals surface area contributed by atoms with Crippen LogP contribution in [0.5, 0.6) is 0 Å². The number of benzene rings is 1. The van der Waals surface area contributed by atoms with Crippen LogP contribution in [0.2, 0.25) is 0 Å². The summed E-state index contributed by atoms with van der Waals surface area (Å²) in [5, 5.41) is 15.4. The lowest BCUT2D eigenvalue weighted by molar-refractivity contribution is -0.0807. The van der Waals surface area contributed by atoms with Crippen molar-refractivity contribution in [2.45, 2.75) is 63.3 Å². The molecule has 7 nitrogen and oxygen atoms in total. The predicted molar refractivity (Wildman–Crippen MR) is 123 cm³/mol. The van der Waals surface area contributed by atoms with E-state index in [1.54, 1.807) is 0 Å². The lowest BCUT2D eigenvalue weighted by Gasteiger charge is -2.43. The summed E-state index contributed by atoms with van der Waals surface area (Å²) in [6, 6.07) is 6.58. The Labute approximate surface area is 192 Å². The predicted octanol–water partition coefficient (Wildman–Crippen LogP) is 3.20. The minimum Gasteiger partial charge on any atom is -0.393 e. The minimum atomic E-state index is -0.898. The quantitative estimate of drug-likeness (QED) is 0.657. The molecule has 8 heteroatoms. The molecular formula is C25H30FN5O2. The fraction of sp³-hybridized carbons (Fsp3) is 0.560. The molecule has 0 amide bonds. The monoisotopic (exact) mass is 451 g/mol. The van der Waals surface area contributed by atoms with Gasteiger partial charge in [0.1, 0.15) is 12.0 Å². The first-order valence-electron chi connectivity index (χ1n) is 11.9. The van der Waals surface area contributed by atoms with Gasteiger partial charge in [0.2, 0.25) is 0 Å². The van der Waals surface area contributed by atoms with Crippen LogP contribution in [0.1, 0.15) is 53.7 Å². The van der Waals surface area contributed by atoms with E-state index in [9.17, 15) is 5.11 Å². The molecule has 3 fully saturated rings. The third kappa shape index (κ3) is 3.74. The van der Waals surface area contributed by atoms with E-state index < -0.39 is 6.17 Å². The van der Waals surface area contributed by atoms with Crippen molar-refractivity contribution in [1.29, 1.82) is 0 Å². The Morgan fingerprint density at radius 3 is 2.64 bits per heavy atom. The van der Waals surface area contributed by atoms with Gasteiger partial charge in [0.25, 0.3) is 0 Å². The molecule has 1 N–H and O–H groups in total. The van der Waals surface area contributed by atoms with Crippen molar-refractivity contribution < 1.29 is 14.2 Å². The van der Waals surface area contributed by atoms with Gasteiger partial charge in [0, 0.05) is 35.5 Å². The van der Waals surface area contributed by atoms with Gasteiger partial charge < -0.3 is 9.84 Å². The Morgan fingerprint density at radius 1 is 1.12 bits per heavy atom. The molecule has 2 aliphatic heterocycles. The van der Waals surface area contributed by atoms with Crippen LogP contribution in [0.4, 0.5) is 4.39 Å². The number of aromatic nitrogens is 4. The van der Waals surface area contributed by atoms with Crippen molar-refractivity contribution >= 4 is 10.9 Å². The van der Waals surface area contributed by atoms with E-state index in [-0.39, 0.29) is 17.9 Å². The number of alkyl halides is 1. The van der Waals surface area contributed by atoms with Gasteiger partial charge in [-0.3, -0.25) is 4.90 Å². The highest BCUT2D eigenvalue weighted by Gasteiger charge is 2.36. The molecule has 1 aliphatic carbocycles. The lowest BCUT2D eigenvalue weighted by atomic mass is 9.80. The SMILES string of the molecule is Cc1nc(C2CC(O)C2)cc(-n2ncc3cc(C)c([C@@H]4CCN(C5COC5)C[C@@H]4F)cc32)n1. The van der Waals surface area contributed by atoms with Gasteiger partial charge in [-0.15, -0.1) is 0 Å². The van der Waals surface area contributed by atoms with Gasteiger partial charge in [0.05, 0.1) is 37.1 Å². The number of piperidine rings is 1. The number of aliphatic hydroxyl groups excluding tert-OH is 1. The fourth-order valence-corrected chi connectivity index (χ4v) is 5.55. The normalized spacial score (nSPS) is 28.6. The first-order chi connectivity index (χ1) is 16.0. The Balaban J connectivity index is 1.33. The molecule has 2 aromatic heterocycles. The molecule has 4 heterocycles. The third-order valence-corrected chi connectivity index (χ3v) is 7.66. The highest BCUT2D eigenvalue weighted by atomic mass is 19.1. The van der Waals surface area contributed by atoms with Gasteiger partial charge in [-0.05, 0) is 62.9 Å². The lowest BCUT2D eigenvalue weighted by Crippen LogP contribution is -2.54. The molecule has 0 unspecified atom stereocenters. The Hall–Kier alpha value is -2.42. The molecule has 3 aliphatic rings. The molecule has 2 saturated heterocycles. The van der Waals surface area contributed by atoms with Crippen molar-refractivity contribution in [3.05, 3.63) is 47.0 Å². The van der Waals surface area contributed by atoms with Crippen molar-refractivity contribution in [2.24, 2.45) is 0 Å². The van der Waals surface area contributed by atoms with E-state index in [0.717, 1.165) is 72.6 Å².